The van der Waals surface area contributed by atoms with Gasteiger partial charge in [0.25, 0.3) is 11.8 Å². The van der Waals surface area contributed by atoms with E-state index in [0.29, 0.717) is 30.3 Å². The van der Waals surface area contributed by atoms with Gasteiger partial charge in [-0.05, 0) is 25.0 Å². The van der Waals surface area contributed by atoms with E-state index in [4.69, 9.17) is 9.47 Å². The highest BCUT2D eigenvalue weighted by atomic mass is 16.5. The van der Waals surface area contributed by atoms with Crippen molar-refractivity contribution in [3.8, 4) is 0 Å². The quantitative estimate of drug-likeness (QED) is 0.413. The Balaban J connectivity index is 1.38. The number of aryl methyl sites for hydroxylation is 1. The lowest BCUT2D eigenvalue weighted by atomic mass is 9.95. The van der Waals surface area contributed by atoms with Crippen LogP contribution in [0.3, 0.4) is 0 Å². The molecule has 2 N–H and O–H groups in total. The fraction of sp³-hybridized carbons (Fsp3) is 0.333. The van der Waals surface area contributed by atoms with Crippen LogP contribution in [0.25, 0.3) is 33.0 Å². The van der Waals surface area contributed by atoms with E-state index in [1.54, 1.807) is 0 Å². The lowest BCUT2D eigenvalue weighted by Crippen LogP contribution is -2.38. The van der Waals surface area contributed by atoms with E-state index in [-0.39, 0.29) is 17.9 Å². The largest absolute Gasteiger partial charge is 0.380 e. The van der Waals surface area contributed by atoms with Gasteiger partial charge in [0.05, 0.1) is 30.5 Å². The highest BCUT2D eigenvalue weighted by Crippen LogP contribution is 2.39. The number of carbonyl (C=O) groups excluding carboxylic acids is 2. The van der Waals surface area contributed by atoms with Crippen molar-refractivity contribution >= 4 is 44.8 Å². The van der Waals surface area contributed by atoms with Crippen molar-refractivity contribution < 1.29 is 19.1 Å². The second-order valence-corrected chi connectivity index (χ2v) is 10.3. The zero-order valence-corrected chi connectivity index (χ0v) is 21.1. The van der Waals surface area contributed by atoms with Crippen molar-refractivity contribution in [2.75, 3.05) is 26.4 Å². The van der Waals surface area contributed by atoms with E-state index in [1.807, 2.05) is 48.8 Å². The number of aromatic nitrogens is 2. The molecule has 8 nitrogen and oxygen atoms in total. The predicted molar refractivity (Wildman–Crippen MR) is 145 cm³/mol. The van der Waals surface area contributed by atoms with Gasteiger partial charge in [-0.25, -0.2) is 0 Å². The Kier molecular flexibility index (Phi) is 5.88. The summed E-state index contributed by atoms with van der Waals surface area (Å²) in [6.45, 7) is 4.23. The van der Waals surface area contributed by atoms with E-state index in [2.05, 4.69) is 31.9 Å². The molecule has 1 saturated heterocycles. The summed E-state index contributed by atoms with van der Waals surface area (Å²) in [5.41, 5.74) is 4.49. The monoisotopic (exact) mass is 510 g/mol. The third kappa shape index (κ3) is 3.96. The summed E-state index contributed by atoms with van der Waals surface area (Å²) in [6.07, 6.45) is 5.88. The molecule has 0 aliphatic carbocycles. The van der Waals surface area contributed by atoms with Crippen LogP contribution in [0.2, 0.25) is 0 Å². The van der Waals surface area contributed by atoms with Gasteiger partial charge >= 0.3 is 0 Å². The average Bonchev–Trinajstić information content (AvgIpc) is 3.70. The predicted octanol–water partition coefficient (Wildman–Crippen LogP) is 3.33. The molecule has 194 valence electrons. The summed E-state index contributed by atoms with van der Waals surface area (Å²) in [5, 5.41) is 8.11. The first-order chi connectivity index (χ1) is 18.7. The average molecular weight is 511 g/mol. The maximum atomic E-state index is 13.3. The second-order valence-electron chi connectivity index (χ2n) is 10.3. The fourth-order valence-corrected chi connectivity index (χ4v) is 6.07. The first-order valence-corrected chi connectivity index (χ1v) is 13.4. The van der Waals surface area contributed by atoms with Crippen molar-refractivity contribution in [1.82, 2.24) is 19.8 Å². The summed E-state index contributed by atoms with van der Waals surface area (Å²) in [6, 6.07) is 16.5. The molecule has 7 rings (SSSR count). The molecular formula is C30H30N4O4. The SMILES string of the molecule is O=C1NC(=O)C2=C1c1cn(c3ccccc13)CCO[C@H](CNC1CCOC1)CCn1cc2c2ccccc21. The molecule has 4 aromatic rings. The number of nitrogens with zero attached hydrogens (tertiary/aromatic N) is 2. The van der Waals surface area contributed by atoms with Crippen LogP contribution in [0.15, 0.2) is 60.9 Å². The Hall–Kier alpha value is -3.72. The van der Waals surface area contributed by atoms with Crippen LogP contribution in [0.4, 0.5) is 0 Å². The first-order valence-electron chi connectivity index (χ1n) is 13.4. The smallest absolute Gasteiger partial charge is 0.259 e. The third-order valence-corrected chi connectivity index (χ3v) is 7.99. The number of ether oxygens (including phenoxy) is 2. The molecule has 5 heterocycles. The molecule has 3 aliphatic heterocycles. The minimum Gasteiger partial charge on any atom is -0.380 e. The molecule has 3 aliphatic rings. The van der Waals surface area contributed by atoms with Crippen LogP contribution >= 0.6 is 0 Å². The number of amides is 2. The van der Waals surface area contributed by atoms with E-state index >= 15 is 0 Å². The van der Waals surface area contributed by atoms with Crippen LogP contribution in [0.1, 0.15) is 24.0 Å². The van der Waals surface area contributed by atoms with Gasteiger partial charge in [0.2, 0.25) is 0 Å². The molecular weight excluding hydrogens is 480 g/mol. The van der Waals surface area contributed by atoms with Gasteiger partial charge in [0.1, 0.15) is 0 Å². The summed E-state index contributed by atoms with van der Waals surface area (Å²) < 4.78 is 16.3. The zero-order chi connectivity index (χ0) is 25.6. The number of carbonyl (C=O) groups is 2. The Morgan fingerprint density at radius 2 is 1.45 bits per heavy atom. The highest BCUT2D eigenvalue weighted by molar-refractivity contribution is 6.50. The van der Waals surface area contributed by atoms with E-state index < -0.39 is 0 Å². The highest BCUT2D eigenvalue weighted by Gasteiger charge is 2.35. The molecule has 38 heavy (non-hydrogen) atoms. The molecule has 2 amide bonds. The third-order valence-electron chi connectivity index (χ3n) is 7.99. The van der Waals surface area contributed by atoms with Crippen LogP contribution in [0, 0.1) is 0 Å². The van der Waals surface area contributed by atoms with E-state index in [9.17, 15) is 9.59 Å². The molecule has 1 fully saturated rings. The number of nitrogens with one attached hydrogen (secondary N) is 2. The van der Waals surface area contributed by atoms with Crippen LogP contribution < -0.4 is 10.6 Å². The van der Waals surface area contributed by atoms with Gasteiger partial charge in [-0.1, -0.05) is 36.4 Å². The minimum atomic E-state index is -0.352. The van der Waals surface area contributed by atoms with Crippen molar-refractivity contribution in [2.24, 2.45) is 0 Å². The van der Waals surface area contributed by atoms with Gasteiger partial charge in [-0.2, -0.15) is 0 Å². The van der Waals surface area contributed by atoms with Crippen LogP contribution in [0.5, 0.6) is 0 Å². The van der Waals surface area contributed by atoms with Crippen molar-refractivity contribution in [3.63, 3.8) is 0 Å². The molecule has 4 bridgehead atoms. The first kappa shape index (κ1) is 23.4. The Labute approximate surface area is 220 Å². The number of benzene rings is 2. The molecule has 8 heteroatoms. The van der Waals surface area contributed by atoms with Gasteiger partial charge in [0.15, 0.2) is 0 Å². The Bertz CT molecular complexity index is 1590. The molecule has 1 unspecified atom stereocenters. The standard InChI is InChI=1S/C30H30N4O4/c35-29-27-23-16-33(25-7-3-1-5-21(23)25)11-9-20(15-31-19-10-13-37-18-19)38-14-12-34-17-24(28(27)30(36)32-29)22-6-2-4-8-26(22)34/h1-8,16-17,19-20,31H,9-15,18H2,(H,32,35,36)/t19?,20-/m0/s1. The van der Waals surface area contributed by atoms with Crippen molar-refractivity contribution in [2.45, 2.75) is 38.1 Å². The van der Waals surface area contributed by atoms with Gasteiger partial charge in [0, 0.05) is 77.6 Å². The normalized spacial score (nSPS) is 22.2. The molecule has 0 saturated carbocycles. The molecule has 0 spiro atoms. The number of rotatable bonds is 3. The summed E-state index contributed by atoms with van der Waals surface area (Å²) >= 11 is 0. The lowest BCUT2D eigenvalue weighted by Gasteiger charge is -2.21. The molecule has 2 aromatic heterocycles. The van der Waals surface area contributed by atoms with E-state index in [1.165, 1.54) is 0 Å². The van der Waals surface area contributed by atoms with Crippen LogP contribution in [-0.4, -0.2) is 59.5 Å². The van der Waals surface area contributed by atoms with Crippen molar-refractivity contribution in [1.29, 1.82) is 0 Å². The Morgan fingerprint density at radius 3 is 2.08 bits per heavy atom. The topological polar surface area (TPSA) is 86.5 Å². The molecule has 2 atom stereocenters. The number of para-hydroxylation sites is 2. The van der Waals surface area contributed by atoms with Gasteiger partial charge in [-0.15, -0.1) is 0 Å². The fourth-order valence-electron chi connectivity index (χ4n) is 6.07. The van der Waals surface area contributed by atoms with Crippen LogP contribution in [-0.2, 0) is 32.2 Å². The second kappa shape index (κ2) is 9.54. The zero-order valence-electron chi connectivity index (χ0n) is 21.1. The van der Waals surface area contributed by atoms with Gasteiger partial charge < -0.3 is 23.9 Å². The van der Waals surface area contributed by atoms with E-state index in [0.717, 1.165) is 72.1 Å². The number of fused-ring (bicyclic) bond motifs is 12. The Morgan fingerprint density at radius 1 is 0.816 bits per heavy atom. The maximum absolute atomic E-state index is 13.3. The number of hydrogen-bond donors (Lipinski definition) is 2. The molecule has 0 radical (unpaired) electrons. The maximum Gasteiger partial charge on any atom is 0.259 e. The summed E-state index contributed by atoms with van der Waals surface area (Å²) in [4.78, 5) is 26.5. The molecule has 2 aromatic carbocycles. The number of imide groups is 1. The number of hydrogen-bond acceptors (Lipinski definition) is 5. The minimum absolute atomic E-state index is 0.0237. The van der Waals surface area contributed by atoms with Crippen molar-refractivity contribution in [3.05, 3.63) is 72.1 Å². The summed E-state index contributed by atoms with van der Waals surface area (Å²) in [5.74, 6) is -0.698. The lowest BCUT2D eigenvalue weighted by molar-refractivity contribution is -0.122. The van der Waals surface area contributed by atoms with Gasteiger partial charge in [-0.3, -0.25) is 14.9 Å². The summed E-state index contributed by atoms with van der Waals surface area (Å²) in [7, 11) is 0.